The Morgan fingerprint density at radius 1 is 1.28 bits per heavy atom. The number of thiazole rings is 1. The Labute approximate surface area is 178 Å². The Morgan fingerprint density at radius 3 is 2.79 bits per heavy atom. The van der Waals surface area contributed by atoms with E-state index >= 15 is 0 Å². The van der Waals surface area contributed by atoms with Gasteiger partial charge in [0.25, 0.3) is 5.56 Å². The van der Waals surface area contributed by atoms with Gasteiger partial charge in [0, 0.05) is 30.6 Å². The summed E-state index contributed by atoms with van der Waals surface area (Å²) < 4.78 is 7.13. The molecule has 0 fully saturated rings. The Balaban J connectivity index is 0.00000240. The van der Waals surface area contributed by atoms with Crippen molar-refractivity contribution in [1.29, 1.82) is 0 Å². The standard InChI is InChI=1S/C20H21N4O3S.ClH/c1-4-24(12-15-11-18(25)23-8-9-28-20(23)22-15)13(3)21-16-10-14(6-7-17(16)24)19(26)27-5-2;/h6-11H,4-5,12H2,1-3H3;1H/q+1;/p-1. The van der Waals surface area contributed by atoms with Crippen LogP contribution in [0.3, 0.4) is 0 Å². The van der Waals surface area contributed by atoms with Crippen LogP contribution in [-0.2, 0) is 11.3 Å². The molecule has 0 saturated heterocycles. The van der Waals surface area contributed by atoms with Gasteiger partial charge < -0.3 is 17.1 Å². The molecule has 29 heavy (non-hydrogen) atoms. The number of rotatable bonds is 5. The zero-order chi connectivity index (χ0) is 19.9. The van der Waals surface area contributed by atoms with Crippen LogP contribution in [0.15, 0.2) is 45.6 Å². The van der Waals surface area contributed by atoms with E-state index in [1.165, 1.54) is 11.3 Å². The van der Waals surface area contributed by atoms with Crippen molar-refractivity contribution in [2.45, 2.75) is 27.3 Å². The van der Waals surface area contributed by atoms with Crippen LogP contribution in [0.4, 0.5) is 11.4 Å². The van der Waals surface area contributed by atoms with E-state index in [2.05, 4.69) is 11.9 Å². The lowest BCUT2D eigenvalue weighted by atomic mass is 10.1. The molecule has 1 unspecified atom stereocenters. The number of carbonyl (C=O) groups is 1. The van der Waals surface area contributed by atoms with Crippen molar-refractivity contribution in [1.82, 2.24) is 13.9 Å². The lowest BCUT2D eigenvalue weighted by Gasteiger charge is -2.32. The summed E-state index contributed by atoms with van der Waals surface area (Å²) in [4.78, 5) is 34.5. The zero-order valence-corrected chi connectivity index (χ0v) is 18.0. The fraction of sp³-hybridized carbons (Fsp3) is 0.300. The lowest BCUT2D eigenvalue weighted by molar-refractivity contribution is -0.0000238. The summed E-state index contributed by atoms with van der Waals surface area (Å²) >= 11 is 1.44. The summed E-state index contributed by atoms with van der Waals surface area (Å²) in [5.41, 5.74) is 2.90. The van der Waals surface area contributed by atoms with Gasteiger partial charge in [0.2, 0.25) is 5.84 Å². The minimum absolute atomic E-state index is 0. The molecule has 3 aromatic rings. The third-order valence-electron chi connectivity index (χ3n) is 5.18. The molecule has 7 nitrogen and oxygen atoms in total. The van der Waals surface area contributed by atoms with Crippen molar-refractivity contribution in [3.05, 3.63) is 57.5 Å². The molecule has 0 amide bonds. The fourth-order valence-corrected chi connectivity index (χ4v) is 4.46. The Bertz CT molecular complexity index is 1170. The molecule has 0 radical (unpaired) electrons. The maximum atomic E-state index is 12.4. The van der Waals surface area contributed by atoms with E-state index < -0.39 is 0 Å². The van der Waals surface area contributed by atoms with Gasteiger partial charge in [-0.15, -0.1) is 11.3 Å². The van der Waals surface area contributed by atoms with Gasteiger partial charge in [-0.1, -0.05) is 0 Å². The smallest absolute Gasteiger partial charge is 0.338 e. The van der Waals surface area contributed by atoms with Gasteiger partial charge in [0.1, 0.15) is 17.9 Å². The van der Waals surface area contributed by atoms with E-state index in [1.54, 1.807) is 35.7 Å². The van der Waals surface area contributed by atoms with Crippen LogP contribution in [0.2, 0.25) is 0 Å². The number of carbonyl (C=O) groups excluding carboxylic acids is 1. The zero-order valence-electron chi connectivity index (χ0n) is 16.4. The molecule has 0 spiro atoms. The Morgan fingerprint density at radius 2 is 2.07 bits per heavy atom. The number of fused-ring (bicyclic) bond motifs is 2. The number of hydrogen-bond acceptors (Lipinski definition) is 6. The third kappa shape index (κ3) is 3.48. The lowest BCUT2D eigenvalue weighted by Crippen LogP contribution is -3.00. The van der Waals surface area contributed by atoms with E-state index in [0.29, 0.717) is 28.2 Å². The molecule has 0 N–H and O–H groups in total. The summed E-state index contributed by atoms with van der Waals surface area (Å²) in [7, 11) is 0. The molecule has 9 heteroatoms. The van der Waals surface area contributed by atoms with Crippen molar-refractivity contribution in [2.24, 2.45) is 4.99 Å². The number of aliphatic imine (C=N–C) groups is 1. The Kier molecular flexibility index (Phi) is 5.88. The minimum Gasteiger partial charge on any atom is -1.00 e. The van der Waals surface area contributed by atoms with Crippen LogP contribution in [0, 0.1) is 0 Å². The molecular formula is C20H21ClN4O3S. The Hall–Kier alpha value is -2.55. The molecule has 1 aliphatic rings. The SMILES string of the molecule is CCOC(=O)c1ccc2c(c1)N=C(C)[N+]2(CC)Cc1cc(=O)n2ccsc2n1.[Cl-]. The minimum atomic E-state index is -0.350. The topological polar surface area (TPSA) is 73.0 Å². The van der Waals surface area contributed by atoms with Crippen LogP contribution in [-0.4, -0.2) is 34.3 Å². The second kappa shape index (κ2) is 8.06. The second-order valence-electron chi connectivity index (χ2n) is 6.67. The van der Waals surface area contributed by atoms with Crippen molar-refractivity contribution < 1.29 is 21.9 Å². The molecule has 1 aromatic carbocycles. The average molecular weight is 433 g/mol. The first kappa shape index (κ1) is 21.2. The van der Waals surface area contributed by atoms with E-state index in [-0.39, 0.29) is 23.9 Å². The molecule has 1 atom stereocenters. The number of quaternary nitrogens is 1. The van der Waals surface area contributed by atoms with Gasteiger partial charge in [-0.2, -0.15) is 4.99 Å². The number of benzene rings is 1. The van der Waals surface area contributed by atoms with E-state index in [1.807, 2.05) is 18.4 Å². The highest BCUT2D eigenvalue weighted by Crippen LogP contribution is 2.42. The molecular weight excluding hydrogens is 412 g/mol. The van der Waals surface area contributed by atoms with Crippen molar-refractivity contribution in [3.8, 4) is 0 Å². The van der Waals surface area contributed by atoms with Gasteiger partial charge in [0.15, 0.2) is 10.6 Å². The molecule has 1 aliphatic heterocycles. The van der Waals surface area contributed by atoms with Crippen molar-refractivity contribution >= 4 is 39.5 Å². The largest absolute Gasteiger partial charge is 1.00 e. The van der Waals surface area contributed by atoms with Crippen LogP contribution < -0.4 is 22.4 Å². The number of halogens is 1. The number of ether oxygens (including phenoxy) is 1. The molecule has 4 rings (SSSR count). The molecule has 2 aromatic heterocycles. The third-order valence-corrected chi connectivity index (χ3v) is 5.93. The van der Waals surface area contributed by atoms with Crippen LogP contribution in [0.1, 0.15) is 36.8 Å². The maximum Gasteiger partial charge on any atom is 0.338 e. The highest BCUT2D eigenvalue weighted by molar-refractivity contribution is 7.15. The summed E-state index contributed by atoms with van der Waals surface area (Å²) in [6, 6.07) is 7.07. The maximum absolute atomic E-state index is 12.4. The predicted molar refractivity (Wildman–Crippen MR) is 111 cm³/mol. The van der Waals surface area contributed by atoms with Crippen LogP contribution >= 0.6 is 11.3 Å². The predicted octanol–water partition coefficient (Wildman–Crippen LogP) is 0.528. The van der Waals surface area contributed by atoms with Crippen LogP contribution in [0.25, 0.3) is 4.96 Å². The van der Waals surface area contributed by atoms with Gasteiger partial charge >= 0.3 is 5.97 Å². The fourth-order valence-electron chi connectivity index (χ4n) is 3.72. The molecule has 3 heterocycles. The van der Waals surface area contributed by atoms with E-state index in [9.17, 15) is 9.59 Å². The molecule has 0 bridgehead atoms. The summed E-state index contributed by atoms with van der Waals surface area (Å²) in [5.74, 6) is 0.559. The highest BCUT2D eigenvalue weighted by atomic mass is 35.5. The first-order valence-corrected chi connectivity index (χ1v) is 10.1. The van der Waals surface area contributed by atoms with Crippen LogP contribution in [0.5, 0.6) is 0 Å². The quantitative estimate of drug-likeness (QED) is 0.435. The van der Waals surface area contributed by atoms with Gasteiger partial charge in [-0.05, 0) is 26.0 Å². The number of hydrogen-bond donors (Lipinski definition) is 0. The summed E-state index contributed by atoms with van der Waals surface area (Å²) in [6.07, 6.45) is 1.73. The summed E-state index contributed by atoms with van der Waals surface area (Å²) in [5, 5.41) is 1.85. The van der Waals surface area contributed by atoms with E-state index in [4.69, 9.17) is 9.73 Å². The van der Waals surface area contributed by atoms with Crippen molar-refractivity contribution in [2.75, 3.05) is 13.2 Å². The van der Waals surface area contributed by atoms with Crippen molar-refractivity contribution in [3.63, 3.8) is 0 Å². The van der Waals surface area contributed by atoms with Gasteiger partial charge in [-0.25, -0.2) is 14.3 Å². The highest BCUT2D eigenvalue weighted by Gasteiger charge is 2.41. The summed E-state index contributed by atoms with van der Waals surface area (Å²) in [6.45, 7) is 7.47. The number of esters is 1. The van der Waals surface area contributed by atoms with E-state index in [0.717, 1.165) is 29.4 Å². The average Bonchev–Trinajstić information content (AvgIpc) is 3.25. The normalized spacial score (nSPS) is 17.6. The van der Waals surface area contributed by atoms with Gasteiger partial charge in [0.05, 0.1) is 18.7 Å². The first-order valence-electron chi connectivity index (χ1n) is 9.19. The molecule has 152 valence electrons. The number of aromatic nitrogens is 2. The number of amidine groups is 1. The van der Waals surface area contributed by atoms with Gasteiger partial charge in [-0.3, -0.25) is 9.20 Å². The second-order valence-corrected chi connectivity index (χ2v) is 7.54. The monoisotopic (exact) mass is 432 g/mol. The first-order chi connectivity index (χ1) is 13.5. The molecule has 0 aliphatic carbocycles. The molecule has 0 saturated carbocycles. The number of nitrogens with zero attached hydrogens (tertiary/aromatic N) is 4.